The number of aromatic nitrogens is 2. The van der Waals surface area contributed by atoms with Crippen molar-refractivity contribution in [2.45, 2.75) is 46.5 Å². The average molecular weight is 305 g/mol. The van der Waals surface area contributed by atoms with Crippen molar-refractivity contribution in [2.24, 2.45) is 0 Å². The fourth-order valence-corrected chi connectivity index (χ4v) is 2.36. The van der Waals surface area contributed by atoms with Crippen LogP contribution in [0.5, 0.6) is 11.6 Å². The summed E-state index contributed by atoms with van der Waals surface area (Å²) in [6.45, 7) is 10.5. The average Bonchev–Trinajstić information content (AvgIpc) is 2.36. The number of ether oxygens (including phenoxy) is 1. The zero-order valence-electron chi connectivity index (χ0n) is 13.2. The normalized spacial score (nSPS) is 11.5. The molecule has 4 heteroatoms. The molecule has 0 spiro atoms. The first-order valence-electron chi connectivity index (χ1n) is 7.12. The van der Waals surface area contributed by atoms with Gasteiger partial charge in [0.15, 0.2) is 0 Å². The van der Waals surface area contributed by atoms with E-state index in [1.54, 1.807) is 13.0 Å². The zero-order chi connectivity index (χ0) is 15.6. The van der Waals surface area contributed by atoms with Gasteiger partial charge in [0.2, 0.25) is 5.88 Å². The number of hydrogen-bond acceptors (Lipinski definition) is 3. The molecule has 1 heterocycles. The van der Waals surface area contributed by atoms with Gasteiger partial charge in [0.05, 0.1) is 0 Å². The molecule has 0 saturated carbocycles. The van der Waals surface area contributed by atoms with Crippen LogP contribution in [0.2, 0.25) is 5.15 Å². The molecular formula is C17H21ClN2O. The molecule has 1 aromatic carbocycles. The summed E-state index contributed by atoms with van der Waals surface area (Å²) in [6, 6.07) is 7.92. The fraction of sp³-hybridized carbons (Fsp3) is 0.412. The van der Waals surface area contributed by atoms with Gasteiger partial charge in [-0.25, -0.2) is 4.98 Å². The van der Waals surface area contributed by atoms with Gasteiger partial charge in [0, 0.05) is 11.6 Å². The van der Waals surface area contributed by atoms with Crippen LogP contribution >= 0.6 is 11.6 Å². The molecule has 0 amide bonds. The van der Waals surface area contributed by atoms with Crippen molar-refractivity contribution in [3.8, 4) is 11.6 Å². The van der Waals surface area contributed by atoms with Crippen molar-refractivity contribution in [1.29, 1.82) is 0 Å². The molecule has 112 valence electrons. The van der Waals surface area contributed by atoms with E-state index >= 15 is 0 Å². The lowest BCUT2D eigenvalue weighted by Crippen LogP contribution is -2.13. The van der Waals surface area contributed by atoms with Gasteiger partial charge in [-0.2, -0.15) is 4.98 Å². The van der Waals surface area contributed by atoms with E-state index in [1.807, 2.05) is 6.07 Å². The quantitative estimate of drug-likeness (QED) is 0.741. The van der Waals surface area contributed by atoms with Crippen LogP contribution < -0.4 is 4.74 Å². The second-order valence-electron chi connectivity index (χ2n) is 6.11. The number of rotatable bonds is 3. The first-order chi connectivity index (χ1) is 9.79. The van der Waals surface area contributed by atoms with Gasteiger partial charge < -0.3 is 4.74 Å². The van der Waals surface area contributed by atoms with Gasteiger partial charge in [-0.05, 0) is 30.4 Å². The lowest BCUT2D eigenvalue weighted by Gasteiger charge is -2.23. The Hall–Kier alpha value is -1.61. The van der Waals surface area contributed by atoms with Crippen LogP contribution in [0.1, 0.15) is 44.6 Å². The number of benzene rings is 1. The van der Waals surface area contributed by atoms with Crippen LogP contribution in [0, 0.1) is 6.92 Å². The Balaban J connectivity index is 2.43. The maximum Gasteiger partial charge on any atom is 0.224 e. The van der Waals surface area contributed by atoms with Crippen LogP contribution in [0.4, 0.5) is 0 Å². The highest BCUT2D eigenvalue weighted by Gasteiger charge is 2.20. The van der Waals surface area contributed by atoms with Gasteiger partial charge >= 0.3 is 0 Å². The van der Waals surface area contributed by atoms with E-state index in [0.29, 0.717) is 16.9 Å². The van der Waals surface area contributed by atoms with Crippen molar-refractivity contribution in [3.05, 3.63) is 46.4 Å². The predicted octanol–water partition coefficient (Wildman–Crippen LogP) is 5.09. The van der Waals surface area contributed by atoms with Gasteiger partial charge in [0.1, 0.15) is 16.7 Å². The number of hydrogen-bond donors (Lipinski definition) is 0. The molecule has 0 aliphatic carbocycles. The minimum atomic E-state index is -0.00756. The third-order valence-electron chi connectivity index (χ3n) is 3.26. The summed E-state index contributed by atoms with van der Waals surface area (Å²) in [5.74, 6) is 1.89. The topological polar surface area (TPSA) is 35.0 Å². The second kappa shape index (κ2) is 6.02. The monoisotopic (exact) mass is 304 g/mol. The third kappa shape index (κ3) is 3.94. The van der Waals surface area contributed by atoms with E-state index in [0.717, 1.165) is 17.7 Å². The molecule has 0 atom stereocenters. The van der Waals surface area contributed by atoms with Crippen LogP contribution in [-0.4, -0.2) is 9.97 Å². The summed E-state index contributed by atoms with van der Waals surface area (Å²) in [5.41, 5.74) is 2.45. The molecule has 0 aliphatic rings. The van der Waals surface area contributed by atoms with Crippen LogP contribution in [0.25, 0.3) is 0 Å². The van der Waals surface area contributed by atoms with E-state index in [-0.39, 0.29) is 5.41 Å². The molecule has 0 bridgehead atoms. The van der Waals surface area contributed by atoms with Crippen molar-refractivity contribution in [2.75, 3.05) is 0 Å². The number of halogens is 1. The highest BCUT2D eigenvalue weighted by Crippen LogP contribution is 2.35. The third-order valence-corrected chi connectivity index (χ3v) is 3.45. The van der Waals surface area contributed by atoms with Gasteiger partial charge in [0.25, 0.3) is 0 Å². The maximum atomic E-state index is 5.96. The molecule has 0 N–H and O–H groups in total. The van der Waals surface area contributed by atoms with Crippen molar-refractivity contribution < 1.29 is 4.74 Å². The zero-order valence-corrected chi connectivity index (χ0v) is 14.0. The van der Waals surface area contributed by atoms with Crippen molar-refractivity contribution >= 4 is 11.6 Å². The lowest BCUT2D eigenvalue weighted by molar-refractivity contribution is 0.437. The summed E-state index contributed by atoms with van der Waals surface area (Å²) < 4.78 is 5.96. The minimum Gasteiger partial charge on any atom is -0.439 e. The summed E-state index contributed by atoms with van der Waals surface area (Å²) in [5, 5.41) is 0.389. The first kappa shape index (κ1) is 15.8. The van der Waals surface area contributed by atoms with Crippen LogP contribution in [-0.2, 0) is 11.8 Å². The molecule has 21 heavy (non-hydrogen) atoms. The van der Waals surface area contributed by atoms with Gasteiger partial charge in [-0.1, -0.05) is 51.4 Å². The molecule has 2 aromatic rings. The largest absolute Gasteiger partial charge is 0.439 e. The Labute approximate surface area is 131 Å². The first-order valence-corrected chi connectivity index (χ1v) is 7.50. The summed E-state index contributed by atoms with van der Waals surface area (Å²) >= 11 is 5.96. The SMILES string of the molecule is CCc1ccc(Oc2cc(Cl)nc(C)n2)c(C(C)(C)C)c1. The second-order valence-corrected chi connectivity index (χ2v) is 6.50. The Kier molecular flexibility index (Phi) is 4.52. The van der Waals surface area contributed by atoms with E-state index in [4.69, 9.17) is 16.3 Å². The molecule has 0 unspecified atom stereocenters. The molecule has 0 fully saturated rings. The molecule has 0 radical (unpaired) electrons. The van der Waals surface area contributed by atoms with E-state index in [9.17, 15) is 0 Å². The highest BCUT2D eigenvalue weighted by atomic mass is 35.5. The summed E-state index contributed by atoms with van der Waals surface area (Å²) in [6.07, 6.45) is 1.00. The van der Waals surface area contributed by atoms with E-state index in [2.05, 4.69) is 49.8 Å². The summed E-state index contributed by atoms with van der Waals surface area (Å²) in [4.78, 5) is 8.33. The predicted molar refractivity (Wildman–Crippen MR) is 86.4 cm³/mol. The van der Waals surface area contributed by atoms with Crippen LogP contribution in [0.3, 0.4) is 0 Å². The maximum absolute atomic E-state index is 5.96. The van der Waals surface area contributed by atoms with Gasteiger partial charge in [-0.3, -0.25) is 0 Å². The van der Waals surface area contributed by atoms with Crippen molar-refractivity contribution in [3.63, 3.8) is 0 Å². The lowest BCUT2D eigenvalue weighted by atomic mass is 9.85. The molecule has 0 saturated heterocycles. The Morgan fingerprint density at radius 3 is 2.43 bits per heavy atom. The Bertz CT molecular complexity index is 627. The van der Waals surface area contributed by atoms with Gasteiger partial charge in [-0.15, -0.1) is 0 Å². The number of aryl methyl sites for hydroxylation is 2. The molecule has 3 nitrogen and oxygen atoms in total. The summed E-state index contributed by atoms with van der Waals surface area (Å²) in [7, 11) is 0. The standard InChI is InChI=1S/C17H21ClN2O/c1-6-12-7-8-14(13(9-12)17(3,4)5)21-16-10-15(18)19-11(2)20-16/h7-10H,6H2,1-5H3. The molecular weight excluding hydrogens is 284 g/mol. The van der Waals surface area contributed by atoms with E-state index in [1.165, 1.54) is 5.56 Å². The van der Waals surface area contributed by atoms with Crippen molar-refractivity contribution in [1.82, 2.24) is 9.97 Å². The molecule has 0 aliphatic heterocycles. The number of nitrogens with zero attached hydrogens (tertiary/aromatic N) is 2. The Morgan fingerprint density at radius 2 is 1.86 bits per heavy atom. The molecule has 2 rings (SSSR count). The molecule has 1 aromatic heterocycles. The Morgan fingerprint density at radius 1 is 1.14 bits per heavy atom. The van der Waals surface area contributed by atoms with E-state index < -0.39 is 0 Å². The highest BCUT2D eigenvalue weighted by molar-refractivity contribution is 6.29. The minimum absolute atomic E-state index is 0.00756. The smallest absolute Gasteiger partial charge is 0.224 e. The van der Waals surface area contributed by atoms with Crippen LogP contribution in [0.15, 0.2) is 24.3 Å². The fourth-order valence-electron chi connectivity index (χ4n) is 2.14.